The number of H-pyrrole nitrogens is 1. The number of aromatic amines is 1. The van der Waals surface area contributed by atoms with Crippen LogP contribution in [-0.2, 0) is 0 Å². The van der Waals surface area contributed by atoms with E-state index in [9.17, 15) is 0 Å². The van der Waals surface area contributed by atoms with Gasteiger partial charge in [-0.05, 0) is 24.6 Å². The van der Waals surface area contributed by atoms with Gasteiger partial charge in [-0.25, -0.2) is 4.98 Å². The summed E-state index contributed by atoms with van der Waals surface area (Å²) < 4.78 is 0. The van der Waals surface area contributed by atoms with Crippen LogP contribution in [0.3, 0.4) is 0 Å². The highest BCUT2D eigenvalue weighted by Gasteiger charge is 2.00. The summed E-state index contributed by atoms with van der Waals surface area (Å²) in [5.41, 5.74) is 9.06. The molecule has 0 aliphatic rings. The van der Waals surface area contributed by atoms with E-state index in [0.29, 0.717) is 5.70 Å². The number of hydrogen-bond acceptors (Lipinski definition) is 2. The molecule has 0 radical (unpaired) electrons. The predicted molar refractivity (Wildman–Crippen MR) is 54.1 cm³/mol. The molecule has 1 aromatic heterocycles. The molecule has 1 heterocycles. The molecule has 0 bridgehead atoms. The van der Waals surface area contributed by atoms with Crippen LogP contribution >= 0.6 is 0 Å². The summed E-state index contributed by atoms with van der Waals surface area (Å²) in [7, 11) is 0. The number of nitrogens with zero attached hydrogens (tertiary/aromatic N) is 1. The van der Waals surface area contributed by atoms with Gasteiger partial charge in [-0.3, -0.25) is 0 Å². The summed E-state index contributed by atoms with van der Waals surface area (Å²) in [6.45, 7) is 5.61. The van der Waals surface area contributed by atoms with Gasteiger partial charge in [0.1, 0.15) is 5.82 Å². The summed E-state index contributed by atoms with van der Waals surface area (Å²) in [5.74, 6) is 0.912. The molecule has 0 saturated heterocycles. The van der Waals surface area contributed by atoms with Crippen molar-refractivity contribution in [2.24, 2.45) is 5.73 Å². The number of rotatable bonds is 1. The van der Waals surface area contributed by atoms with Crippen LogP contribution < -0.4 is 5.73 Å². The SMILES string of the molecule is C=C(N)c1ccc2nc(C)[nH]c2c1. The van der Waals surface area contributed by atoms with Gasteiger partial charge < -0.3 is 10.7 Å². The lowest BCUT2D eigenvalue weighted by Gasteiger charge is -1.97. The molecule has 0 amide bonds. The van der Waals surface area contributed by atoms with Crippen LogP contribution in [0.1, 0.15) is 11.4 Å². The molecule has 2 aromatic rings. The molecule has 13 heavy (non-hydrogen) atoms. The molecule has 3 heteroatoms. The highest BCUT2D eigenvalue weighted by atomic mass is 14.9. The van der Waals surface area contributed by atoms with Crippen LogP contribution in [0.2, 0.25) is 0 Å². The molecule has 0 atom stereocenters. The normalized spacial score (nSPS) is 10.5. The highest BCUT2D eigenvalue weighted by Crippen LogP contribution is 2.15. The van der Waals surface area contributed by atoms with Crippen LogP contribution in [0.4, 0.5) is 0 Å². The average molecular weight is 173 g/mol. The Balaban J connectivity index is 2.67. The molecule has 0 saturated carbocycles. The van der Waals surface area contributed by atoms with Crippen molar-refractivity contribution in [3.05, 3.63) is 36.2 Å². The van der Waals surface area contributed by atoms with Crippen LogP contribution in [-0.4, -0.2) is 9.97 Å². The van der Waals surface area contributed by atoms with E-state index in [1.165, 1.54) is 0 Å². The van der Waals surface area contributed by atoms with Gasteiger partial charge in [-0.15, -0.1) is 0 Å². The van der Waals surface area contributed by atoms with Crippen molar-refractivity contribution in [3.63, 3.8) is 0 Å². The highest BCUT2D eigenvalue weighted by molar-refractivity contribution is 5.79. The zero-order chi connectivity index (χ0) is 9.42. The van der Waals surface area contributed by atoms with E-state index in [0.717, 1.165) is 22.4 Å². The summed E-state index contributed by atoms with van der Waals surface area (Å²) in [4.78, 5) is 7.43. The zero-order valence-corrected chi connectivity index (χ0v) is 7.46. The van der Waals surface area contributed by atoms with E-state index in [1.54, 1.807) is 0 Å². The van der Waals surface area contributed by atoms with Crippen molar-refractivity contribution in [2.45, 2.75) is 6.92 Å². The van der Waals surface area contributed by atoms with E-state index in [1.807, 2.05) is 25.1 Å². The molecule has 0 fully saturated rings. The standard InChI is InChI=1S/C10H11N3/c1-6(11)8-3-4-9-10(5-8)13-7(2)12-9/h3-5H,1,11H2,2H3,(H,12,13). The van der Waals surface area contributed by atoms with Crippen LogP contribution in [0, 0.1) is 6.92 Å². The summed E-state index contributed by atoms with van der Waals surface area (Å²) in [6.07, 6.45) is 0. The Kier molecular flexibility index (Phi) is 1.59. The second kappa shape index (κ2) is 2.62. The summed E-state index contributed by atoms with van der Waals surface area (Å²) in [6, 6.07) is 5.81. The first-order valence-electron chi connectivity index (χ1n) is 4.08. The molecule has 66 valence electrons. The van der Waals surface area contributed by atoms with E-state index < -0.39 is 0 Å². The van der Waals surface area contributed by atoms with Crippen molar-refractivity contribution in [1.82, 2.24) is 9.97 Å². The number of benzene rings is 1. The van der Waals surface area contributed by atoms with E-state index in [4.69, 9.17) is 5.73 Å². The molecular weight excluding hydrogens is 162 g/mol. The lowest BCUT2D eigenvalue weighted by atomic mass is 10.1. The fraction of sp³-hybridized carbons (Fsp3) is 0.100. The van der Waals surface area contributed by atoms with Crippen molar-refractivity contribution in [1.29, 1.82) is 0 Å². The Morgan fingerprint density at radius 2 is 2.31 bits per heavy atom. The molecular formula is C10H11N3. The minimum absolute atomic E-state index is 0.578. The Labute approximate surface area is 76.3 Å². The Hall–Kier alpha value is -1.77. The lowest BCUT2D eigenvalue weighted by molar-refractivity contribution is 1.17. The topological polar surface area (TPSA) is 54.7 Å². The maximum Gasteiger partial charge on any atom is 0.104 e. The van der Waals surface area contributed by atoms with Crippen LogP contribution in [0.25, 0.3) is 16.7 Å². The van der Waals surface area contributed by atoms with Gasteiger partial charge in [-0.2, -0.15) is 0 Å². The number of nitrogens with two attached hydrogens (primary N) is 1. The number of aromatic nitrogens is 2. The van der Waals surface area contributed by atoms with Crippen molar-refractivity contribution in [2.75, 3.05) is 0 Å². The summed E-state index contributed by atoms with van der Waals surface area (Å²) in [5, 5.41) is 0. The van der Waals surface area contributed by atoms with Crippen molar-refractivity contribution >= 4 is 16.7 Å². The van der Waals surface area contributed by atoms with E-state index in [-0.39, 0.29) is 0 Å². The first kappa shape index (κ1) is 7.86. The van der Waals surface area contributed by atoms with Crippen LogP contribution in [0.15, 0.2) is 24.8 Å². The monoisotopic (exact) mass is 173 g/mol. The zero-order valence-electron chi connectivity index (χ0n) is 7.46. The first-order chi connectivity index (χ1) is 6.16. The van der Waals surface area contributed by atoms with Gasteiger partial charge in [0.15, 0.2) is 0 Å². The Morgan fingerprint density at radius 1 is 1.54 bits per heavy atom. The molecule has 0 unspecified atom stereocenters. The van der Waals surface area contributed by atoms with Gasteiger partial charge in [0.2, 0.25) is 0 Å². The predicted octanol–water partition coefficient (Wildman–Crippen LogP) is 1.80. The molecule has 3 nitrogen and oxygen atoms in total. The smallest absolute Gasteiger partial charge is 0.104 e. The minimum Gasteiger partial charge on any atom is -0.399 e. The van der Waals surface area contributed by atoms with E-state index >= 15 is 0 Å². The average Bonchev–Trinajstić information content (AvgIpc) is 2.42. The third-order valence-corrected chi connectivity index (χ3v) is 1.97. The maximum absolute atomic E-state index is 5.58. The third kappa shape index (κ3) is 1.28. The van der Waals surface area contributed by atoms with E-state index in [2.05, 4.69) is 16.5 Å². The fourth-order valence-electron chi connectivity index (χ4n) is 1.34. The van der Waals surface area contributed by atoms with Gasteiger partial charge >= 0.3 is 0 Å². The largest absolute Gasteiger partial charge is 0.399 e. The third-order valence-electron chi connectivity index (χ3n) is 1.97. The number of hydrogen-bond donors (Lipinski definition) is 2. The van der Waals surface area contributed by atoms with Crippen molar-refractivity contribution < 1.29 is 0 Å². The second-order valence-corrected chi connectivity index (χ2v) is 3.08. The minimum atomic E-state index is 0.578. The van der Waals surface area contributed by atoms with Crippen LogP contribution in [0.5, 0.6) is 0 Å². The van der Waals surface area contributed by atoms with Gasteiger partial charge in [0, 0.05) is 5.70 Å². The Bertz CT molecular complexity index is 468. The Morgan fingerprint density at radius 3 is 3.00 bits per heavy atom. The summed E-state index contributed by atoms with van der Waals surface area (Å²) >= 11 is 0. The quantitative estimate of drug-likeness (QED) is 0.690. The lowest BCUT2D eigenvalue weighted by Crippen LogP contribution is -1.92. The fourth-order valence-corrected chi connectivity index (χ4v) is 1.34. The molecule has 0 aliphatic carbocycles. The number of nitrogens with one attached hydrogen (secondary N) is 1. The number of aryl methyl sites for hydroxylation is 1. The maximum atomic E-state index is 5.58. The first-order valence-corrected chi connectivity index (χ1v) is 4.08. The van der Waals surface area contributed by atoms with Gasteiger partial charge in [-0.1, -0.05) is 12.6 Å². The molecule has 0 aliphatic heterocycles. The number of fused-ring (bicyclic) bond motifs is 1. The van der Waals surface area contributed by atoms with Crippen molar-refractivity contribution in [3.8, 4) is 0 Å². The van der Waals surface area contributed by atoms with Gasteiger partial charge in [0.25, 0.3) is 0 Å². The molecule has 2 rings (SSSR count). The second-order valence-electron chi connectivity index (χ2n) is 3.08. The molecule has 3 N–H and O–H groups in total. The molecule has 0 spiro atoms. The molecule has 1 aromatic carbocycles. The van der Waals surface area contributed by atoms with Gasteiger partial charge in [0.05, 0.1) is 11.0 Å². The number of imidazole rings is 1.